The van der Waals surface area contributed by atoms with Crippen molar-refractivity contribution in [2.24, 2.45) is 7.05 Å². The first-order valence-corrected chi connectivity index (χ1v) is 9.65. The molecule has 30 heavy (non-hydrogen) atoms. The van der Waals surface area contributed by atoms with Crippen LogP contribution in [0.2, 0.25) is 0 Å². The molecular weight excluding hydrogens is 434 g/mol. The van der Waals surface area contributed by atoms with Crippen molar-refractivity contribution < 1.29 is 26.4 Å². The first-order valence-electron chi connectivity index (χ1n) is 8.17. The molecule has 0 saturated carbocycles. The molecule has 0 bridgehead atoms. The molecule has 3 rings (SSSR count). The molecule has 2 heterocycles. The van der Waals surface area contributed by atoms with Gasteiger partial charge in [-0.1, -0.05) is 0 Å². The van der Waals surface area contributed by atoms with Crippen molar-refractivity contribution in [3.8, 4) is 17.1 Å². The number of sulfonamides is 1. The Balaban J connectivity index is 0.00000320. The Bertz CT molecular complexity index is 1150. The zero-order valence-corrected chi connectivity index (χ0v) is 16.0. The van der Waals surface area contributed by atoms with Crippen LogP contribution in [0.25, 0.3) is 17.1 Å². The van der Waals surface area contributed by atoms with E-state index in [1.54, 1.807) is 29.9 Å². The van der Waals surface area contributed by atoms with Gasteiger partial charge in [0.25, 0.3) is 10.0 Å². The van der Waals surface area contributed by atoms with E-state index in [0.717, 1.165) is 17.7 Å². The van der Waals surface area contributed by atoms with E-state index in [1.807, 2.05) is 10.3 Å². The number of halogens is 3. The van der Waals surface area contributed by atoms with Crippen LogP contribution in [0, 0.1) is 0 Å². The SMILES string of the molecule is CC(=O)NNS(=O)(=O)c1ccc(-n2nc(C(F)(F)F)cc2-c2cccn2C)cc1.[NaH]. The second kappa shape index (κ2) is 8.94. The maximum atomic E-state index is 13.2. The Morgan fingerprint density at radius 3 is 2.23 bits per heavy atom. The van der Waals surface area contributed by atoms with Crippen molar-refractivity contribution in [2.45, 2.75) is 18.0 Å². The van der Waals surface area contributed by atoms with Gasteiger partial charge in [-0.15, -0.1) is 4.83 Å². The third-order valence-electron chi connectivity index (χ3n) is 3.96. The molecule has 0 aliphatic rings. The molecular formula is C17H17F3N5NaO3S. The summed E-state index contributed by atoms with van der Waals surface area (Å²) in [5, 5.41) is 3.66. The molecule has 0 fully saturated rings. The number of aromatic nitrogens is 3. The van der Waals surface area contributed by atoms with Gasteiger partial charge in [0.05, 0.1) is 22.0 Å². The summed E-state index contributed by atoms with van der Waals surface area (Å²) < 4.78 is 66.6. The third kappa shape index (κ3) is 5.13. The van der Waals surface area contributed by atoms with Gasteiger partial charge in [-0.2, -0.15) is 18.3 Å². The number of alkyl halides is 3. The summed E-state index contributed by atoms with van der Waals surface area (Å²) in [5.74, 6) is -0.603. The van der Waals surface area contributed by atoms with Crippen molar-refractivity contribution in [3.63, 3.8) is 0 Å². The van der Waals surface area contributed by atoms with Crippen LogP contribution < -0.4 is 10.3 Å². The number of hydrazine groups is 1. The Kier molecular flexibility index (Phi) is 7.20. The second-order valence-corrected chi connectivity index (χ2v) is 7.79. The van der Waals surface area contributed by atoms with Crippen LogP contribution in [0.4, 0.5) is 13.2 Å². The maximum absolute atomic E-state index is 13.2. The molecule has 0 spiro atoms. The zero-order valence-electron chi connectivity index (χ0n) is 15.2. The topological polar surface area (TPSA) is 98.0 Å². The summed E-state index contributed by atoms with van der Waals surface area (Å²) in [6.45, 7) is 1.13. The zero-order chi connectivity index (χ0) is 21.4. The monoisotopic (exact) mass is 451 g/mol. The average molecular weight is 451 g/mol. The number of aryl methyl sites for hydroxylation is 1. The normalized spacial score (nSPS) is 11.8. The van der Waals surface area contributed by atoms with E-state index in [2.05, 4.69) is 5.10 Å². The summed E-state index contributed by atoms with van der Waals surface area (Å²) in [6, 6.07) is 9.29. The predicted octanol–water partition coefficient (Wildman–Crippen LogP) is 1.58. The van der Waals surface area contributed by atoms with Gasteiger partial charge in [-0.05, 0) is 42.5 Å². The van der Waals surface area contributed by atoms with E-state index in [0.29, 0.717) is 5.69 Å². The third-order valence-corrected chi connectivity index (χ3v) is 5.22. The van der Waals surface area contributed by atoms with E-state index in [9.17, 15) is 26.4 Å². The van der Waals surface area contributed by atoms with Gasteiger partial charge >= 0.3 is 35.7 Å². The minimum absolute atomic E-state index is 0. The molecule has 0 aliphatic heterocycles. The fraction of sp³-hybridized carbons (Fsp3) is 0.176. The molecule has 8 nitrogen and oxygen atoms in total. The van der Waals surface area contributed by atoms with E-state index >= 15 is 0 Å². The Labute approximate surface area is 192 Å². The number of nitrogens with zero attached hydrogens (tertiary/aromatic N) is 3. The van der Waals surface area contributed by atoms with Crippen LogP contribution in [-0.4, -0.2) is 58.2 Å². The molecule has 2 N–H and O–H groups in total. The number of amides is 1. The minimum atomic E-state index is -4.64. The predicted molar refractivity (Wildman–Crippen MR) is 104 cm³/mol. The van der Waals surface area contributed by atoms with Crippen LogP contribution in [0.15, 0.2) is 53.6 Å². The van der Waals surface area contributed by atoms with Crippen LogP contribution >= 0.6 is 0 Å². The van der Waals surface area contributed by atoms with Gasteiger partial charge in [-0.3, -0.25) is 10.2 Å². The molecule has 0 aliphatic carbocycles. The number of hydrogen-bond acceptors (Lipinski definition) is 4. The Morgan fingerprint density at radius 2 is 1.73 bits per heavy atom. The van der Waals surface area contributed by atoms with Gasteiger partial charge in [0.15, 0.2) is 5.69 Å². The first kappa shape index (κ1) is 24.2. The molecule has 0 atom stereocenters. The van der Waals surface area contributed by atoms with Crippen molar-refractivity contribution in [3.05, 3.63) is 54.4 Å². The Hall–Kier alpha value is -2.12. The molecule has 1 amide bonds. The molecule has 1 aromatic carbocycles. The fourth-order valence-electron chi connectivity index (χ4n) is 2.59. The van der Waals surface area contributed by atoms with Crippen molar-refractivity contribution in [1.82, 2.24) is 24.6 Å². The number of nitrogens with one attached hydrogen (secondary N) is 2. The second-order valence-electron chi connectivity index (χ2n) is 6.11. The van der Waals surface area contributed by atoms with Gasteiger partial charge in [0, 0.05) is 20.2 Å². The molecule has 3 aromatic rings. The van der Waals surface area contributed by atoms with E-state index < -0.39 is 27.8 Å². The average Bonchev–Trinajstić information content (AvgIpc) is 3.26. The van der Waals surface area contributed by atoms with Crippen LogP contribution in [0.3, 0.4) is 0 Å². The number of benzene rings is 1. The van der Waals surface area contributed by atoms with E-state index in [1.165, 1.54) is 24.3 Å². The van der Waals surface area contributed by atoms with Crippen LogP contribution in [-0.2, 0) is 28.0 Å². The molecule has 2 aromatic heterocycles. The van der Waals surface area contributed by atoms with Gasteiger partial charge < -0.3 is 4.57 Å². The molecule has 156 valence electrons. The first-order chi connectivity index (χ1) is 13.5. The molecule has 0 radical (unpaired) electrons. The summed E-state index contributed by atoms with van der Waals surface area (Å²) >= 11 is 0. The quantitative estimate of drug-likeness (QED) is 0.455. The molecule has 13 heteroatoms. The van der Waals surface area contributed by atoms with Crippen molar-refractivity contribution in [1.29, 1.82) is 0 Å². The van der Waals surface area contributed by atoms with Crippen LogP contribution in [0.1, 0.15) is 12.6 Å². The fourth-order valence-corrected chi connectivity index (χ4v) is 3.48. The number of rotatable bonds is 5. The number of hydrogen-bond donors (Lipinski definition) is 2. The summed E-state index contributed by atoms with van der Waals surface area (Å²) in [5.41, 5.74) is 1.81. The molecule has 0 unspecified atom stereocenters. The van der Waals surface area contributed by atoms with E-state index in [4.69, 9.17) is 0 Å². The number of carbonyl (C=O) groups is 1. The van der Waals surface area contributed by atoms with Gasteiger partial charge in [-0.25, -0.2) is 13.1 Å². The van der Waals surface area contributed by atoms with Gasteiger partial charge in [0.2, 0.25) is 5.91 Å². The standard InChI is InChI=1S/C17H16F3N5O3S.Na.H/c1-11(26)21-23-29(27,28)13-7-5-12(6-8-13)25-15(14-4-3-9-24(14)2)10-16(22-25)17(18,19)20;;/h3-10,23H,1-2H3,(H,21,26);;. The van der Waals surface area contributed by atoms with Crippen molar-refractivity contribution in [2.75, 3.05) is 0 Å². The summed E-state index contributed by atoms with van der Waals surface area (Å²) in [6.07, 6.45) is -2.96. The summed E-state index contributed by atoms with van der Waals surface area (Å²) in [4.78, 5) is 12.6. The summed E-state index contributed by atoms with van der Waals surface area (Å²) in [7, 11) is -2.34. The van der Waals surface area contributed by atoms with Crippen LogP contribution in [0.5, 0.6) is 0 Å². The van der Waals surface area contributed by atoms with Crippen molar-refractivity contribution >= 4 is 45.5 Å². The van der Waals surface area contributed by atoms with Gasteiger partial charge in [0.1, 0.15) is 0 Å². The Morgan fingerprint density at radius 1 is 1.10 bits per heavy atom. The molecule has 0 saturated heterocycles. The number of carbonyl (C=O) groups excluding carboxylic acids is 1. The van der Waals surface area contributed by atoms with E-state index in [-0.39, 0.29) is 45.8 Å².